The van der Waals surface area contributed by atoms with Crippen molar-refractivity contribution < 1.29 is 14.7 Å². The van der Waals surface area contributed by atoms with E-state index in [1.807, 2.05) is 36.4 Å². The standard InChI is InChI=1S/C29H37NO3/c1-20(14-17-29(4)16-8-9-21(2)22(29)3)12-13-24-27(32)25(19-26(31)28(24)33)30-18-15-23-10-6-5-7-11-23/h5-7,9-12,19,22,30,32H,8,13-18H2,1-4H3/b20-12+/t22-,29-/m1/s1. The molecule has 0 saturated carbocycles. The predicted molar refractivity (Wildman–Crippen MR) is 134 cm³/mol. The molecule has 0 amide bonds. The summed E-state index contributed by atoms with van der Waals surface area (Å²) >= 11 is 0. The highest BCUT2D eigenvalue weighted by Gasteiger charge is 2.33. The Kier molecular flexibility index (Phi) is 8.12. The zero-order chi connectivity index (χ0) is 24.0. The Labute approximate surface area is 198 Å². The molecule has 33 heavy (non-hydrogen) atoms. The van der Waals surface area contributed by atoms with Crippen LogP contribution >= 0.6 is 0 Å². The van der Waals surface area contributed by atoms with E-state index in [9.17, 15) is 14.7 Å². The molecule has 0 unspecified atom stereocenters. The molecule has 0 radical (unpaired) electrons. The molecule has 2 atom stereocenters. The van der Waals surface area contributed by atoms with Crippen LogP contribution < -0.4 is 5.32 Å². The smallest absolute Gasteiger partial charge is 0.233 e. The summed E-state index contributed by atoms with van der Waals surface area (Å²) in [5.41, 5.74) is 4.63. The maximum Gasteiger partial charge on any atom is 0.233 e. The second kappa shape index (κ2) is 10.8. The summed E-state index contributed by atoms with van der Waals surface area (Å²) in [6, 6.07) is 10.00. The van der Waals surface area contributed by atoms with E-state index in [2.05, 4.69) is 39.1 Å². The molecule has 4 nitrogen and oxygen atoms in total. The van der Waals surface area contributed by atoms with Gasteiger partial charge in [0.2, 0.25) is 11.6 Å². The average molecular weight is 448 g/mol. The van der Waals surface area contributed by atoms with E-state index in [-0.39, 0.29) is 23.2 Å². The third kappa shape index (κ3) is 6.13. The molecule has 2 aliphatic rings. The van der Waals surface area contributed by atoms with Crippen molar-refractivity contribution in [2.45, 2.75) is 66.2 Å². The first-order valence-electron chi connectivity index (χ1n) is 12.0. The summed E-state index contributed by atoms with van der Waals surface area (Å²) < 4.78 is 0. The Morgan fingerprint density at radius 2 is 1.97 bits per heavy atom. The third-order valence-electron chi connectivity index (χ3n) is 7.54. The molecule has 176 valence electrons. The van der Waals surface area contributed by atoms with Crippen molar-refractivity contribution in [2.24, 2.45) is 11.3 Å². The fourth-order valence-electron chi connectivity index (χ4n) is 4.77. The number of rotatable bonds is 9. The molecule has 0 fully saturated rings. The van der Waals surface area contributed by atoms with Crippen LogP contribution in [0.25, 0.3) is 0 Å². The van der Waals surface area contributed by atoms with Gasteiger partial charge in [-0.05, 0) is 69.3 Å². The number of Topliss-reactive ketones (excluding diaryl/α,β-unsaturated/α-hetero) is 1. The Morgan fingerprint density at radius 1 is 1.24 bits per heavy atom. The predicted octanol–water partition coefficient (Wildman–Crippen LogP) is 6.17. The minimum absolute atomic E-state index is 0.106. The Morgan fingerprint density at radius 3 is 2.70 bits per heavy atom. The van der Waals surface area contributed by atoms with Crippen LogP contribution in [0, 0.1) is 11.3 Å². The van der Waals surface area contributed by atoms with Gasteiger partial charge in [-0.1, -0.05) is 67.5 Å². The van der Waals surface area contributed by atoms with Crippen molar-refractivity contribution in [3.8, 4) is 0 Å². The number of aliphatic hydroxyl groups is 1. The number of carbonyl (C=O) groups excluding carboxylic acids is 2. The molecular weight excluding hydrogens is 410 g/mol. The van der Waals surface area contributed by atoms with Gasteiger partial charge in [-0.25, -0.2) is 0 Å². The van der Waals surface area contributed by atoms with Crippen LogP contribution in [0.1, 0.15) is 65.4 Å². The van der Waals surface area contributed by atoms with E-state index in [0.717, 1.165) is 31.2 Å². The Balaban J connectivity index is 1.61. The maximum atomic E-state index is 12.4. The number of aliphatic hydroxyl groups excluding tert-OH is 1. The Bertz CT molecular complexity index is 1010. The van der Waals surface area contributed by atoms with Gasteiger partial charge in [0.1, 0.15) is 5.76 Å². The molecule has 0 bridgehead atoms. The van der Waals surface area contributed by atoms with Crippen molar-refractivity contribution in [2.75, 3.05) is 6.54 Å². The molecule has 0 spiro atoms. The SMILES string of the molecule is CC1=CCC[C@](C)(CC/C(C)=C/CC2=C(O)C(NCCc3ccccc3)=CC(=O)C2=O)[C@@H]1C. The van der Waals surface area contributed by atoms with Gasteiger partial charge < -0.3 is 10.4 Å². The lowest BCUT2D eigenvalue weighted by Crippen LogP contribution is -2.29. The largest absolute Gasteiger partial charge is 0.505 e. The highest BCUT2D eigenvalue weighted by Crippen LogP contribution is 2.45. The van der Waals surface area contributed by atoms with Gasteiger partial charge in [0, 0.05) is 12.6 Å². The molecule has 0 aromatic heterocycles. The molecule has 4 heteroatoms. The second-order valence-corrected chi connectivity index (χ2v) is 9.86. The van der Waals surface area contributed by atoms with Crippen molar-refractivity contribution in [3.63, 3.8) is 0 Å². The molecule has 2 aliphatic carbocycles. The van der Waals surface area contributed by atoms with Gasteiger partial charge >= 0.3 is 0 Å². The van der Waals surface area contributed by atoms with E-state index in [0.29, 0.717) is 18.2 Å². The lowest BCUT2D eigenvalue weighted by atomic mass is 9.65. The summed E-state index contributed by atoms with van der Waals surface area (Å²) in [7, 11) is 0. The molecule has 3 rings (SSSR count). The van der Waals surface area contributed by atoms with Crippen LogP contribution in [0.5, 0.6) is 0 Å². The molecule has 2 N–H and O–H groups in total. The fraction of sp³-hybridized carbons (Fsp3) is 0.448. The second-order valence-electron chi connectivity index (χ2n) is 9.86. The lowest BCUT2D eigenvalue weighted by molar-refractivity contribution is -0.131. The van der Waals surface area contributed by atoms with Crippen LogP contribution in [0.3, 0.4) is 0 Å². The first kappa shape index (κ1) is 24.8. The highest BCUT2D eigenvalue weighted by atomic mass is 16.3. The topological polar surface area (TPSA) is 66.4 Å². The fourth-order valence-corrected chi connectivity index (χ4v) is 4.77. The molecule has 1 aromatic carbocycles. The molecule has 0 aliphatic heterocycles. The first-order valence-corrected chi connectivity index (χ1v) is 12.0. The van der Waals surface area contributed by atoms with Gasteiger partial charge in [0.25, 0.3) is 0 Å². The van der Waals surface area contributed by atoms with Crippen LogP contribution in [-0.4, -0.2) is 23.2 Å². The maximum absolute atomic E-state index is 12.4. The number of benzene rings is 1. The minimum atomic E-state index is -0.612. The van der Waals surface area contributed by atoms with E-state index >= 15 is 0 Å². The van der Waals surface area contributed by atoms with Gasteiger partial charge in [0.05, 0.1) is 11.3 Å². The third-order valence-corrected chi connectivity index (χ3v) is 7.54. The van der Waals surface area contributed by atoms with E-state index < -0.39 is 11.6 Å². The number of ketones is 2. The van der Waals surface area contributed by atoms with E-state index in [1.54, 1.807) is 0 Å². The van der Waals surface area contributed by atoms with E-state index in [1.165, 1.54) is 23.6 Å². The summed E-state index contributed by atoms with van der Waals surface area (Å²) in [5, 5.41) is 13.8. The normalized spacial score (nSPS) is 24.0. The van der Waals surface area contributed by atoms with Crippen molar-refractivity contribution >= 4 is 11.6 Å². The molecule has 0 heterocycles. The Hall–Kier alpha value is -2.88. The van der Waals surface area contributed by atoms with Crippen LogP contribution in [0.4, 0.5) is 0 Å². The number of allylic oxidation sites excluding steroid dienone is 6. The van der Waals surface area contributed by atoms with Gasteiger partial charge in [0.15, 0.2) is 0 Å². The molecule has 0 saturated heterocycles. The summed E-state index contributed by atoms with van der Waals surface area (Å²) in [4.78, 5) is 24.7. The number of carbonyl (C=O) groups is 2. The zero-order valence-electron chi connectivity index (χ0n) is 20.4. The summed E-state index contributed by atoms with van der Waals surface area (Å²) in [5.74, 6) is -0.732. The first-order chi connectivity index (χ1) is 15.7. The summed E-state index contributed by atoms with van der Waals surface area (Å²) in [6.07, 6.45) is 11.0. The quantitative estimate of drug-likeness (QED) is 0.270. The lowest BCUT2D eigenvalue weighted by Gasteiger charge is -2.40. The van der Waals surface area contributed by atoms with Gasteiger partial charge in [-0.2, -0.15) is 0 Å². The van der Waals surface area contributed by atoms with Gasteiger partial charge in [-0.15, -0.1) is 0 Å². The van der Waals surface area contributed by atoms with Gasteiger partial charge in [-0.3, -0.25) is 9.59 Å². The van der Waals surface area contributed by atoms with E-state index in [4.69, 9.17) is 0 Å². The average Bonchev–Trinajstić information content (AvgIpc) is 2.80. The monoisotopic (exact) mass is 447 g/mol. The summed E-state index contributed by atoms with van der Waals surface area (Å²) in [6.45, 7) is 9.55. The van der Waals surface area contributed by atoms with Crippen molar-refractivity contribution in [1.29, 1.82) is 0 Å². The molecular formula is C29H37NO3. The number of hydrogen-bond acceptors (Lipinski definition) is 4. The molecule has 1 aromatic rings. The van der Waals surface area contributed by atoms with Crippen LogP contribution in [0.15, 0.2) is 76.7 Å². The van der Waals surface area contributed by atoms with Crippen LogP contribution in [0.2, 0.25) is 0 Å². The minimum Gasteiger partial charge on any atom is -0.505 e. The van der Waals surface area contributed by atoms with Crippen LogP contribution in [-0.2, 0) is 16.0 Å². The van der Waals surface area contributed by atoms with Crippen molar-refractivity contribution in [1.82, 2.24) is 5.32 Å². The zero-order valence-corrected chi connectivity index (χ0v) is 20.4. The number of nitrogens with one attached hydrogen (secondary N) is 1. The van der Waals surface area contributed by atoms with Crippen molar-refractivity contribution in [3.05, 3.63) is 82.3 Å². The highest BCUT2D eigenvalue weighted by molar-refractivity contribution is 6.48. The number of hydrogen-bond donors (Lipinski definition) is 2.